The molecule has 1 fully saturated rings. The molecule has 3 nitrogen and oxygen atoms in total. The fraction of sp³-hybridized carbons (Fsp3) is 0.909. The van der Waals surface area contributed by atoms with Gasteiger partial charge in [-0.25, -0.2) is 0 Å². The van der Waals surface area contributed by atoms with E-state index in [1.807, 2.05) is 6.92 Å². The molecule has 1 rings (SSSR count). The maximum absolute atomic E-state index is 11.3. The molecule has 0 saturated heterocycles. The van der Waals surface area contributed by atoms with E-state index in [1.54, 1.807) is 0 Å². The molecule has 0 aromatic carbocycles. The SMILES string of the molecule is CCC(C)NC(=O)CCNC1CCC1. The smallest absolute Gasteiger partial charge is 0.221 e. The summed E-state index contributed by atoms with van der Waals surface area (Å²) in [7, 11) is 0. The van der Waals surface area contributed by atoms with E-state index < -0.39 is 0 Å². The van der Waals surface area contributed by atoms with Gasteiger partial charge in [-0.2, -0.15) is 0 Å². The van der Waals surface area contributed by atoms with Crippen molar-refractivity contribution in [2.75, 3.05) is 6.54 Å². The lowest BCUT2D eigenvalue weighted by atomic mass is 9.93. The number of nitrogens with one attached hydrogen (secondary N) is 2. The number of amides is 1. The Balaban J connectivity index is 1.96. The molecule has 1 saturated carbocycles. The van der Waals surface area contributed by atoms with Crippen LogP contribution < -0.4 is 10.6 Å². The molecule has 0 aromatic rings. The molecule has 82 valence electrons. The van der Waals surface area contributed by atoms with Crippen molar-refractivity contribution in [3.63, 3.8) is 0 Å². The minimum Gasteiger partial charge on any atom is -0.354 e. The summed E-state index contributed by atoms with van der Waals surface area (Å²) in [6.07, 6.45) is 5.53. The molecular formula is C11H22N2O. The van der Waals surface area contributed by atoms with Gasteiger partial charge in [-0.15, -0.1) is 0 Å². The van der Waals surface area contributed by atoms with Gasteiger partial charge in [0.25, 0.3) is 0 Å². The van der Waals surface area contributed by atoms with E-state index in [4.69, 9.17) is 0 Å². The van der Waals surface area contributed by atoms with Crippen LogP contribution in [0.25, 0.3) is 0 Å². The Labute approximate surface area is 86.6 Å². The molecule has 1 aliphatic carbocycles. The van der Waals surface area contributed by atoms with Gasteiger partial charge in [0, 0.05) is 25.0 Å². The summed E-state index contributed by atoms with van der Waals surface area (Å²) in [5.41, 5.74) is 0. The Morgan fingerprint density at radius 1 is 1.50 bits per heavy atom. The minimum atomic E-state index is 0.172. The molecule has 2 N–H and O–H groups in total. The first kappa shape index (κ1) is 11.5. The van der Waals surface area contributed by atoms with Crippen LogP contribution in [0.15, 0.2) is 0 Å². The predicted molar refractivity (Wildman–Crippen MR) is 58.2 cm³/mol. The molecular weight excluding hydrogens is 176 g/mol. The number of carbonyl (C=O) groups excluding carboxylic acids is 1. The standard InChI is InChI=1S/C11H22N2O/c1-3-9(2)13-11(14)7-8-12-10-5-4-6-10/h9-10,12H,3-8H2,1-2H3,(H,13,14). The average Bonchev–Trinajstić information content (AvgIpc) is 2.09. The number of rotatable bonds is 6. The van der Waals surface area contributed by atoms with E-state index in [1.165, 1.54) is 19.3 Å². The molecule has 0 aromatic heterocycles. The zero-order valence-electron chi connectivity index (χ0n) is 9.31. The van der Waals surface area contributed by atoms with Gasteiger partial charge in [0.05, 0.1) is 0 Å². The van der Waals surface area contributed by atoms with Gasteiger partial charge in [0.1, 0.15) is 0 Å². The molecule has 0 spiro atoms. The Bertz CT molecular complexity index is 178. The molecule has 0 aliphatic heterocycles. The second kappa shape index (κ2) is 6.02. The van der Waals surface area contributed by atoms with Crippen LogP contribution in [0.5, 0.6) is 0 Å². The van der Waals surface area contributed by atoms with Crippen molar-refractivity contribution in [2.45, 2.75) is 58.0 Å². The Hall–Kier alpha value is -0.570. The third-order valence-corrected chi connectivity index (χ3v) is 2.91. The van der Waals surface area contributed by atoms with E-state index in [0.717, 1.165) is 13.0 Å². The number of hydrogen-bond donors (Lipinski definition) is 2. The summed E-state index contributed by atoms with van der Waals surface area (Å²) in [5.74, 6) is 0.172. The van der Waals surface area contributed by atoms with E-state index in [9.17, 15) is 4.79 Å². The highest BCUT2D eigenvalue weighted by molar-refractivity contribution is 5.76. The first-order valence-corrected chi connectivity index (χ1v) is 5.75. The van der Waals surface area contributed by atoms with Gasteiger partial charge in [-0.3, -0.25) is 4.79 Å². The summed E-state index contributed by atoms with van der Waals surface area (Å²) >= 11 is 0. The predicted octanol–water partition coefficient (Wildman–Crippen LogP) is 1.43. The molecule has 1 unspecified atom stereocenters. The Kier molecular flexibility index (Phi) is 4.94. The van der Waals surface area contributed by atoms with Crippen molar-refractivity contribution >= 4 is 5.91 Å². The van der Waals surface area contributed by atoms with Gasteiger partial charge in [-0.1, -0.05) is 13.3 Å². The van der Waals surface area contributed by atoms with Crippen LogP contribution in [-0.2, 0) is 4.79 Å². The van der Waals surface area contributed by atoms with Crippen molar-refractivity contribution in [3.8, 4) is 0 Å². The zero-order valence-corrected chi connectivity index (χ0v) is 9.31. The van der Waals surface area contributed by atoms with Crippen molar-refractivity contribution in [1.29, 1.82) is 0 Å². The monoisotopic (exact) mass is 198 g/mol. The summed E-state index contributed by atoms with van der Waals surface area (Å²) in [5, 5.41) is 6.34. The van der Waals surface area contributed by atoms with Crippen LogP contribution in [-0.4, -0.2) is 24.5 Å². The van der Waals surface area contributed by atoms with Gasteiger partial charge in [0.15, 0.2) is 0 Å². The Morgan fingerprint density at radius 2 is 2.21 bits per heavy atom. The van der Waals surface area contributed by atoms with E-state index in [-0.39, 0.29) is 5.91 Å². The second-order valence-corrected chi connectivity index (χ2v) is 4.21. The van der Waals surface area contributed by atoms with E-state index >= 15 is 0 Å². The van der Waals surface area contributed by atoms with Crippen LogP contribution in [0.3, 0.4) is 0 Å². The highest BCUT2D eigenvalue weighted by Gasteiger charge is 2.16. The lowest BCUT2D eigenvalue weighted by Crippen LogP contribution is -2.39. The summed E-state index contributed by atoms with van der Waals surface area (Å²) in [6, 6.07) is 0.998. The summed E-state index contributed by atoms with van der Waals surface area (Å²) in [6.45, 7) is 4.95. The lowest BCUT2D eigenvalue weighted by Gasteiger charge is -2.26. The highest BCUT2D eigenvalue weighted by atomic mass is 16.1. The van der Waals surface area contributed by atoms with Crippen LogP contribution in [0.4, 0.5) is 0 Å². The number of hydrogen-bond acceptors (Lipinski definition) is 2. The Morgan fingerprint density at radius 3 is 2.71 bits per heavy atom. The fourth-order valence-electron chi connectivity index (χ4n) is 1.45. The van der Waals surface area contributed by atoms with Crippen molar-refractivity contribution in [3.05, 3.63) is 0 Å². The average molecular weight is 198 g/mol. The number of carbonyl (C=O) groups is 1. The first-order chi connectivity index (χ1) is 6.72. The molecule has 3 heteroatoms. The van der Waals surface area contributed by atoms with Gasteiger partial charge < -0.3 is 10.6 Å². The quantitative estimate of drug-likeness (QED) is 0.678. The zero-order chi connectivity index (χ0) is 10.4. The molecule has 1 atom stereocenters. The first-order valence-electron chi connectivity index (χ1n) is 5.75. The lowest BCUT2D eigenvalue weighted by molar-refractivity contribution is -0.121. The summed E-state index contributed by atoms with van der Waals surface area (Å²) < 4.78 is 0. The van der Waals surface area contributed by atoms with Crippen molar-refractivity contribution < 1.29 is 4.79 Å². The van der Waals surface area contributed by atoms with Crippen molar-refractivity contribution in [1.82, 2.24) is 10.6 Å². The molecule has 0 radical (unpaired) electrons. The normalized spacial score (nSPS) is 18.7. The van der Waals surface area contributed by atoms with Crippen LogP contribution >= 0.6 is 0 Å². The van der Waals surface area contributed by atoms with Crippen molar-refractivity contribution in [2.24, 2.45) is 0 Å². The molecule has 1 amide bonds. The molecule has 14 heavy (non-hydrogen) atoms. The molecule has 0 bridgehead atoms. The topological polar surface area (TPSA) is 41.1 Å². The fourth-order valence-corrected chi connectivity index (χ4v) is 1.45. The summed E-state index contributed by atoms with van der Waals surface area (Å²) in [4.78, 5) is 11.3. The van der Waals surface area contributed by atoms with E-state index in [2.05, 4.69) is 17.6 Å². The van der Waals surface area contributed by atoms with E-state index in [0.29, 0.717) is 18.5 Å². The van der Waals surface area contributed by atoms with Crippen LogP contribution in [0.1, 0.15) is 46.0 Å². The largest absolute Gasteiger partial charge is 0.354 e. The second-order valence-electron chi connectivity index (χ2n) is 4.21. The maximum atomic E-state index is 11.3. The third kappa shape index (κ3) is 4.09. The van der Waals surface area contributed by atoms with Gasteiger partial charge in [-0.05, 0) is 26.2 Å². The highest BCUT2D eigenvalue weighted by Crippen LogP contribution is 2.17. The third-order valence-electron chi connectivity index (χ3n) is 2.91. The maximum Gasteiger partial charge on any atom is 0.221 e. The van der Waals surface area contributed by atoms with Crippen LogP contribution in [0.2, 0.25) is 0 Å². The van der Waals surface area contributed by atoms with Gasteiger partial charge in [0.2, 0.25) is 5.91 Å². The van der Waals surface area contributed by atoms with Gasteiger partial charge >= 0.3 is 0 Å². The minimum absolute atomic E-state index is 0.172. The van der Waals surface area contributed by atoms with Crippen LogP contribution in [0, 0.1) is 0 Å². The molecule has 1 aliphatic rings. The molecule has 0 heterocycles.